The predicted molar refractivity (Wildman–Crippen MR) is 65.8 cm³/mol. The third-order valence-electron chi connectivity index (χ3n) is 2.11. The Morgan fingerprint density at radius 1 is 1.35 bits per heavy atom. The minimum Gasteiger partial charge on any atom is -0.414 e. The molecule has 0 N–H and O–H groups in total. The summed E-state index contributed by atoms with van der Waals surface area (Å²) < 4.78 is 5.00. The molecule has 0 aliphatic carbocycles. The van der Waals surface area contributed by atoms with Gasteiger partial charge < -0.3 is 4.74 Å². The summed E-state index contributed by atoms with van der Waals surface area (Å²) in [6.45, 7) is 1.32. The Labute approximate surface area is 103 Å². The Kier molecular flexibility index (Phi) is 3.22. The van der Waals surface area contributed by atoms with Gasteiger partial charge in [0.05, 0.1) is 0 Å². The molecule has 0 amide bonds. The van der Waals surface area contributed by atoms with Crippen LogP contribution in [0, 0.1) is 11.3 Å². The van der Waals surface area contributed by atoms with Crippen molar-refractivity contribution in [2.24, 2.45) is 0 Å². The number of hydrogen-bond donors (Lipinski definition) is 0. The zero-order valence-corrected chi connectivity index (χ0v) is 9.95. The van der Waals surface area contributed by atoms with Gasteiger partial charge in [-0.05, 0) is 11.6 Å². The molecule has 0 atom stereocenters. The van der Waals surface area contributed by atoms with Crippen LogP contribution in [0.2, 0.25) is 0 Å². The fourth-order valence-electron chi connectivity index (χ4n) is 1.40. The molecule has 0 saturated heterocycles. The first-order valence-electron chi connectivity index (χ1n) is 4.98. The number of rotatable bonds is 2. The van der Waals surface area contributed by atoms with Crippen LogP contribution in [0.4, 0.5) is 0 Å². The summed E-state index contributed by atoms with van der Waals surface area (Å²) in [5, 5.41) is 9.32. The van der Waals surface area contributed by atoms with E-state index < -0.39 is 5.97 Å². The first-order chi connectivity index (χ1) is 8.20. The van der Waals surface area contributed by atoms with E-state index in [1.807, 2.05) is 36.4 Å². The number of benzene rings is 1. The molecule has 1 heterocycles. The van der Waals surface area contributed by atoms with Crippen molar-refractivity contribution in [1.82, 2.24) is 0 Å². The predicted octanol–water partition coefficient (Wildman–Crippen LogP) is 3.21. The van der Waals surface area contributed by atoms with Gasteiger partial charge in [0.2, 0.25) is 5.06 Å². The molecular formula is C13H9NO2S. The Hall–Kier alpha value is -2.12. The second-order valence-electron chi connectivity index (χ2n) is 3.38. The molecule has 17 heavy (non-hydrogen) atoms. The number of nitriles is 1. The quantitative estimate of drug-likeness (QED) is 0.761. The molecule has 0 aliphatic rings. The third kappa shape index (κ3) is 2.52. The first kappa shape index (κ1) is 11.4. The lowest BCUT2D eigenvalue weighted by Gasteiger charge is -1.96. The molecule has 1 aromatic carbocycles. The van der Waals surface area contributed by atoms with Crippen molar-refractivity contribution in [2.75, 3.05) is 0 Å². The third-order valence-corrected chi connectivity index (χ3v) is 3.18. The molecule has 2 rings (SSSR count). The number of hydrogen-bond acceptors (Lipinski definition) is 4. The van der Waals surface area contributed by atoms with Gasteiger partial charge in [0.1, 0.15) is 11.6 Å². The molecule has 84 valence electrons. The highest BCUT2D eigenvalue weighted by Gasteiger charge is 2.12. The number of ether oxygens (including phenoxy) is 1. The Morgan fingerprint density at radius 2 is 2.06 bits per heavy atom. The molecular weight excluding hydrogens is 234 g/mol. The minimum atomic E-state index is -0.414. The molecule has 0 fully saturated rings. The summed E-state index contributed by atoms with van der Waals surface area (Å²) >= 11 is 1.30. The highest BCUT2D eigenvalue weighted by Crippen LogP contribution is 2.36. The highest BCUT2D eigenvalue weighted by atomic mass is 32.1. The summed E-state index contributed by atoms with van der Waals surface area (Å²) in [7, 11) is 0. The van der Waals surface area contributed by atoms with Crippen LogP contribution < -0.4 is 4.74 Å². The maximum absolute atomic E-state index is 10.9. The fourth-order valence-corrected chi connectivity index (χ4v) is 2.41. The van der Waals surface area contributed by atoms with Crippen molar-refractivity contribution in [3.05, 3.63) is 42.0 Å². The van der Waals surface area contributed by atoms with Crippen molar-refractivity contribution in [1.29, 1.82) is 5.26 Å². The van der Waals surface area contributed by atoms with Gasteiger partial charge >= 0.3 is 5.97 Å². The maximum Gasteiger partial charge on any atom is 0.308 e. The van der Waals surface area contributed by atoms with E-state index in [-0.39, 0.29) is 0 Å². The number of esters is 1. The molecule has 2 aromatic rings. The molecule has 4 heteroatoms. The largest absolute Gasteiger partial charge is 0.414 e. The van der Waals surface area contributed by atoms with Crippen LogP contribution in [0.3, 0.4) is 0 Å². The van der Waals surface area contributed by atoms with E-state index in [2.05, 4.69) is 0 Å². The molecule has 0 bridgehead atoms. The molecule has 0 radical (unpaired) electrons. The highest BCUT2D eigenvalue weighted by molar-refractivity contribution is 7.17. The number of carbonyl (C=O) groups is 1. The van der Waals surface area contributed by atoms with E-state index in [9.17, 15) is 4.79 Å². The van der Waals surface area contributed by atoms with Crippen LogP contribution in [0.25, 0.3) is 10.4 Å². The van der Waals surface area contributed by atoms with Gasteiger partial charge in [0, 0.05) is 11.8 Å². The maximum atomic E-state index is 10.9. The Balaban J connectivity index is 2.42. The molecule has 1 aromatic heterocycles. The van der Waals surface area contributed by atoms with Crippen molar-refractivity contribution in [3.8, 4) is 21.6 Å². The molecule has 0 unspecified atom stereocenters. The zero-order valence-electron chi connectivity index (χ0n) is 9.14. The lowest BCUT2D eigenvalue weighted by molar-refractivity contribution is -0.131. The normalized spacial score (nSPS) is 9.65. The van der Waals surface area contributed by atoms with Gasteiger partial charge in [-0.3, -0.25) is 4.79 Å². The molecule has 0 spiro atoms. The SMILES string of the molecule is CC(=O)Oc1sc(-c2ccccc2)cc1C#N. The Morgan fingerprint density at radius 3 is 2.65 bits per heavy atom. The topological polar surface area (TPSA) is 50.1 Å². The van der Waals surface area contributed by atoms with Crippen LogP contribution in [0.1, 0.15) is 12.5 Å². The van der Waals surface area contributed by atoms with Crippen LogP contribution in [-0.2, 0) is 4.79 Å². The van der Waals surface area contributed by atoms with E-state index >= 15 is 0 Å². The van der Waals surface area contributed by atoms with Gasteiger partial charge in [0.25, 0.3) is 0 Å². The van der Waals surface area contributed by atoms with E-state index in [1.165, 1.54) is 18.3 Å². The van der Waals surface area contributed by atoms with E-state index in [0.29, 0.717) is 10.6 Å². The van der Waals surface area contributed by atoms with Crippen molar-refractivity contribution in [2.45, 2.75) is 6.92 Å². The minimum absolute atomic E-state index is 0.360. The van der Waals surface area contributed by atoms with Crippen molar-refractivity contribution in [3.63, 3.8) is 0 Å². The lowest BCUT2D eigenvalue weighted by Crippen LogP contribution is -2.00. The van der Waals surface area contributed by atoms with E-state index in [4.69, 9.17) is 10.00 Å². The molecule has 0 saturated carbocycles. The van der Waals surface area contributed by atoms with Crippen LogP contribution in [0.5, 0.6) is 5.06 Å². The average molecular weight is 243 g/mol. The summed E-state index contributed by atoms with van der Waals surface area (Å²) in [5.41, 5.74) is 1.40. The average Bonchev–Trinajstić information content (AvgIpc) is 2.72. The fraction of sp³-hybridized carbons (Fsp3) is 0.0769. The van der Waals surface area contributed by atoms with Gasteiger partial charge in [-0.2, -0.15) is 5.26 Å². The number of carbonyl (C=O) groups excluding carboxylic acids is 1. The standard InChI is InChI=1S/C13H9NO2S/c1-9(15)16-13-11(8-14)7-12(17-13)10-5-3-2-4-6-10/h2-7H,1H3. The summed E-state index contributed by atoms with van der Waals surface area (Å²) in [6, 6.07) is 13.4. The zero-order chi connectivity index (χ0) is 12.3. The number of nitrogens with zero attached hydrogens (tertiary/aromatic N) is 1. The number of thiophene rings is 1. The monoisotopic (exact) mass is 243 g/mol. The van der Waals surface area contributed by atoms with Gasteiger partial charge in [-0.15, -0.1) is 0 Å². The van der Waals surface area contributed by atoms with Crippen LogP contribution in [-0.4, -0.2) is 5.97 Å². The summed E-state index contributed by atoms with van der Waals surface area (Å²) in [4.78, 5) is 11.8. The lowest BCUT2D eigenvalue weighted by atomic mass is 10.2. The van der Waals surface area contributed by atoms with Gasteiger partial charge in [0.15, 0.2) is 0 Å². The molecule has 3 nitrogen and oxygen atoms in total. The summed E-state index contributed by atoms with van der Waals surface area (Å²) in [6.07, 6.45) is 0. The van der Waals surface area contributed by atoms with Crippen molar-refractivity contribution < 1.29 is 9.53 Å². The van der Waals surface area contributed by atoms with E-state index in [1.54, 1.807) is 6.07 Å². The molecule has 0 aliphatic heterocycles. The van der Waals surface area contributed by atoms with Crippen molar-refractivity contribution >= 4 is 17.3 Å². The van der Waals surface area contributed by atoms with Gasteiger partial charge in [-0.1, -0.05) is 41.7 Å². The Bertz CT molecular complexity index is 581. The first-order valence-corrected chi connectivity index (χ1v) is 5.80. The summed E-state index contributed by atoms with van der Waals surface area (Å²) in [5.74, 6) is -0.414. The van der Waals surface area contributed by atoms with Crippen LogP contribution in [0.15, 0.2) is 36.4 Å². The second-order valence-corrected chi connectivity index (χ2v) is 4.40. The van der Waals surface area contributed by atoms with Crippen LogP contribution >= 0.6 is 11.3 Å². The second kappa shape index (κ2) is 4.81. The van der Waals surface area contributed by atoms with E-state index in [0.717, 1.165) is 10.4 Å². The van der Waals surface area contributed by atoms with Gasteiger partial charge in [-0.25, -0.2) is 0 Å². The smallest absolute Gasteiger partial charge is 0.308 e.